The number of primary amides is 1. The lowest BCUT2D eigenvalue weighted by Crippen LogP contribution is -2.56. The Balaban J connectivity index is 1.38. The summed E-state index contributed by atoms with van der Waals surface area (Å²) in [6, 6.07) is 5.20. The fourth-order valence-corrected chi connectivity index (χ4v) is 4.80. The van der Waals surface area contributed by atoms with Crippen LogP contribution in [0.2, 0.25) is 0 Å². The Kier molecular flexibility index (Phi) is 6.61. The number of hydrogen-bond donors (Lipinski definition) is 3. The first kappa shape index (κ1) is 24.4. The van der Waals surface area contributed by atoms with E-state index < -0.39 is 36.0 Å². The van der Waals surface area contributed by atoms with Crippen molar-refractivity contribution < 1.29 is 23.6 Å². The molecule has 192 valence electrons. The molecule has 3 atom stereocenters. The van der Waals surface area contributed by atoms with Gasteiger partial charge in [-0.3, -0.25) is 23.9 Å². The third-order valence-corrected chi connectivity index (χ3v) is 6.66. The number of hydrogen-bond acceptors (Lipinski definition) is 8. The summed E-state index contributed by atoms with van der Waals surface area (Å²) < 4.78 is 15.7. The smallest absolute Gasteiger partial charge is 0.269 e. The van der Waals surface area contributed by atoms with Crippen LogP contribution in [-0.4, -0.2) is 86.3 Å². The Morgan fingerprint density at radius 3 is 2.76 bits per heavy atom. The molecule has 0 saturated carbocycles. The highest BCUT2D eigenvalue weighted by Gasteiger charge is 2.41. The standard InChI is InChI=1S/C24H25FN8O4/c25-15-8-19(24(37)30-17-10-27-5-4-20(17)34)32(11-15)21(35)12-33-18-2-1-13(14-3-6-28-29-9-14)7-16(18)22(31-33)23(26)36/h1-3,6-7,9,15,17,19,27H,4-5,8,10-12H2,(H2,26,36)(H,30,37). The van der Waals surface area contributed by atoms with E-state index in [1.807, 2.05) is 0 Å². The number of carbonyl (C=O) groups is 4. The van der Waals surface area contributed by atoms with Crippen LogP contribution in [0, 0.1) is 0 Å². The number of alkyl halides is 1. The van der Waals surface area contributed by atoms with E-state index in [4.69, 9.17) is 5.73 Å². The predicted octanol–water partition coefficient (Wildman–Crippen LogP) is -0.422. The lowest BCUT2D eigenvalue weighted by atomic mass is 10.0. The minimum atomic E-state index is -1.38. The van der Waals surface area contributed by atoms with Crippen LogP contribution in [0.5, 0.6) is 0 Å². The van der Waals surface area contributed by atoms with E-state index in [2.05, 4.69) is 25.9 Å². The summed E-state index contributed by atoms with van der Waals surface area (Å²) in [5, 5.41) is 18.0. The maximum Gasteiger partial charge on any atom is 0.269 e. The van der Waals surface area contributed by atoms with Gasteiger partial charge >= 0.3 is 0 Å². The molecule has 3 amide bonds. The largest absolute Gasteiger partial charge is 0.364 e. The number of nitrogens with one attached hydrogen (secondary N) is 2. The van der Waals surface area contributed by atoms with Crippen molar-refractivity contribution in [3.05, 3.63) is 42.4 Å². The number of fused-ring (bicyclic) bond motifs is 1. The normalized spacial score (nSPS) is 21.8. The summed E-state index contributed by atoms with van der Waals surface area (Å²) in [7, 11) is 0. The Hall–Kier alpha value is -4.26. The maximum absolute atomic E-state index is 14.4. The molecule has 4 N–H and O–H groups in total. The first-order chi connectivity index (χ1) is 17.8. The maximum atomic E-state index is 14.4. The van der Waals surface area contributed by atoms with E-state index >= 15 is 0 Å². The zero-order valence-electron chi connectivity index (χ0n) is 19.8. The van der Waals surface area contributed by atoms with Crippen molar-refractivity contribution in [3.8, 4) is 11.1 Å². The van der Waals surface area contributed by atoms with Crippen LogP contribution in [0.1, 0.15) is 23.3 Å². The third-order valence-electron chi connectivity index (χ3n) is 6.66. The zero-order valence-corrected chi connectivity index (χ0v) is 19.8. The minimum Gasteiger partial charge on any atom is -0.364 e. The van der Waals surface area contributed by atoms with Gasteiger partial charge in [0.2, 0.25) is 11.8 Å². The van der Waals surface area contributed by atoms with Gasteiger partial charge in [0.15, 0.2) is 11.5 Å². The van der Waals surface area contributed by atoms with Gasteiger partial charge in [-0.15, -0.1) is 0 Å². The second-order valence-corrected chi connectivity index (χ2v) is 9.11. The molecule has 0 radical (unpaired) electrons. The van der Waals surface area contributed by atoms with Gasteiger partial charge in [0.1, 0.15) is 18.8 Å². The quantitative estimate of drug-likeness (QED) is 0.404. The van der Waals surface area contributed by atoms with Gasteiger partial charge in [0, 0.05) is 36.9 Å². The Bertz CT molecular complexity index is 1380. The molecule has 12 nitrogen and oxygen atoms in total. The summed E-state index contributed by atoms with van der Waals surface area (Å²) in [5.41, 5.74) is 7.52. The molecule has 2 aliphatic rings. The Morgan fingerprint density at radius 1 is 1.19 bits per heavy atom. The van der Waals surface area contributed by atoms with Crippen LogP contribution < -0.4 is 16.4 Å². The highest BCUT2D eigenvalue weighted by Crippen LogP contribution is 2.27. The number of nitrogens with two attached hydrogens (primary N) is 1. The van der Waals surface area contributed by atoms with Gasteiger partial charge in [0.25, 0.3) is 5.91 Å². The van der Waals surface area contributed by atoms with E-state index in [1.54, 1.807) is 30.5 Å². The van der Waals surface area contributed by atoms with Gasteiger partial charge < -0.3 is 21.3 Å². The molecule has 3 aromatic rings. The molecule has 1 aromatic carbocycles. The number of benzene rings is 1. The number of ketones is 1. The number of carbonyl (C=O) groups excluding carboxylic acids is 4. The first-order valence-corrected chi connectivity index (χ1v) is 11.9. The second-order valence-electron chi connectivity index (χ2n) is 9.11. The number of piperidine rings is 1. The molecule has 3 unspecified atom stereocenters. The average molecular weight is 509 g/mol. The average Bonchev–Trinajstić information content (AvgIpc) is 3.46. The topological polar surface area (TPSA) is 165 Å². The zero-order chi connectivity index (χ0) is 26.1. The summed E-state index contributed by atoms with van der Waals surface area (Å²) >= 11 is 0. The van der Waals surface area contributed by atoms with Crippen molar-refractivity contribution in [2.24, 2.45) is 5.73 Å². The van der Waals surface area contributed by atoms with Crippen LogP contribution in [0.3, 0.4) is 0 Å². The molecule has 2 aromatic heterocycles. The Morgan fingerprint density at radius 2 is 2.03 bits per heavy atom. The fourth-order valence-electron chi connectivity index (χ4n) is 4.80. The Labute approximate surface area is 210 Å². The molecule has 4 heterocycles. The van der Waals surface area contributed by atoms with E-state index in [0.717, 1.165) is 16.0 Å². The van der Waals surface area contributed by atoms with Gasteiger partial charge in [-0.2, -0.15) is 15.3 Å². The molecule has 2 fully saturated rings. The lowest BCUT2D eigenvalue weighted by molar-refractivity contribution is -0.140. The van der Waals surface area contributed by atoms with Gasteiger partial charge in [-0.25, -0.2) is 4.39 Å². The number of amides is 3. The van der Waals surface area contributed by atoms with Crippen molar-refractivity contribution in [2.45, 2.75) is 37.6 Å². The van der Waals surface area contributed by atoms with Gasteiger partial charge in [-0.05, 0) is 23.8 Å². The highest BCUT2D eigenvalue weighted by molar-refractivity contribution is 6.05. The van der Waals surface area contributed by atoms with Crippen LogP contribution in [0.15, 0.2) is 36.7 Å². The molecule has 0 aliphatic carbocycles. The molecule has 2 aliphatic heterocycles. The van der Waals surface area contributed by atoms with E-state index in [1.165, 1.54) is 10.9 Å². The highest BCUT2D eigenvalue weighted by atomic mass is 19.1. The summed E-state index contributed by atoms with van der Waals surface area (Å²) in [4.78, 5) is 51.5. The minimum absolute atomic E-state index is 0.0194. The van der Waals surface area contributed by atoms with Crippen LogP contribution in [0.25, 0.3) is 22.0 Å². The summed E-state index contributed by atoms with van der Waals surface area (Å²) in [6.45, 7) is 0.240. The lowest BCUT2D eigenvalue weighted by Gasteiger charge is -2.27. The number of aromatic nitrogens is 4. The second kappa shape index (κ2) is 10.0. The molecule has 13 heteroatoms. The fraction of sp³-hybridized carbons (Fsp3) is 0.375. The number of halogens is 1. The molecular weight excluding hydrogens is 483 g/mol. The van der Waals surface area contributed by atoms with Gasteiger partial charge in [0.05, 0.1) is 30.5 Å². The first-order valence-electron chi connectivity index (χ1n) is 11.9. The van der Waals surface area contributed by atoms with Crippen LogP contribution in [0.4, 0.5) is 4.39 Å². The van der Waals surface area contributed by atoms with Crippen molar-refractivity contribution >= 4 is 34.4 Å². The number of rotatable bonds is 6. The van der Waals surface area contributed by atoms with Crippen molar-refractivity contribution in [1.29, 1.82) is 0 Å². The summed E-state index contributed by atoms with van der Waals surface area (Å²) in [5.74, 6) is -2.00. The van der Waals surface area contributed by atoms with Crippen molar-refractivity contribution in [1.82, 2.24) is 35.5 Å². The van der Waals surface area contributed by atoms with Crippen LogP contribution >= 0.6 is 0 Å². The van der Waals surface area contributed by atoms with Gasteiger partial charge in [-0.1, -0.05) is 6.07 Å². The predicted molar refractivity (Wildman–Crippen MR) is 129 cm³/mol. The molecule has 0 bridgehead atoms. The van der Waals surface area contributed by atoms with Crippen molar-refractivity contribution in [2.75, 3.05) is 19.6 Å². The molecule has 0 spiro atoms. The van der Waals surface area contributed by atoms with E-state index in [0.29, 0.717) is 17.4 Å². The van der Waals surface area contributed by atoms with Crippen LogP contribution in [-0.2, 0) is 20.9 Å². The monoisotopic (exact) mass is 508 g/mol. The molecule has 37 heavy (non-hydrogen) atoms. The number of nitrogens with zero attached hydrogens (tertiary/aromatic N) is 5. The number of likely N-dealkylation sites (tertiary alicyclic amines) is 1. The summed E-state index contributed by atoms with van der Waals surface area (Å²) in [6.07, 6.45) is 1.85. The molecule has 5 rings (SSSR count). The third kappa shape index (κ3) is 4.89. The number of Topliss-reactive ketones (excluding diaryl/α,β-unsaturated/α-hetero) is 1. The molecule has 2 saturated heterocycles. The molecular formula is C24H25FN8O4. The SMILES string of the molecule is NC(=O)c1nn(CC(=O)N2CC(F)CC2C(=O)NC2CNCCC2=O)c2ccc(-c3ccnnc3)cc12. The van der Waals surface area contributed by atoms with Crippen molar-refractivity contribution in [3.63, 3.8) is 0 Å². The van der Waals surface area contributed by atoms with E-state index in [9.17, 15) is 23.6 Å². The van der Waals surface area contributed by atoms with E-state index in [-0.39, 0.29) is 44.0 Å².